The first-order valence-corrected chi connectivity index (χ1v) is 6.75. The Kier molecular flexibility index (Phi) is 3.22. The number of rotatable bonds is 3. The van der Waals surface area contributed by atoms with Crippen molar-refractivity contribution in [1.82, 2.24) is 4.98 Å². The second-order valence-corrected chi connectivity index (χ2v) is 5.12. The topological polar surface area (TPSA) is 63.3 Å². The van der Waals surface area contributed by atoms with E-state index in [2.05, 4.69) is 4.98 Å². The van der Waals surface area contributed by atoms with Crippen molar-refractivity contribution in [1.29, 1.82) is 0 Å². The van der Waals surface area contributed by atoms with Gasteiger partial charge in [0.2, 0.25) is 5.89 Å². The first-order chi connectivity index (χ1) is 10.1. The third kappa shape index (κ3) is 2.40. The smallest absolute Gasteiger partial charge is 0.310 e. The van der Waals surface area contributed by atoms with Crippen LogP contribution in [0.5, 0.6) is 0 Å². The quantitative estimate of drug-likeness (QED) is 0.788. The number of fused-ring (bicyclic) bond motifs is 1. The molecule has 1 aromatic heterocycles. The van der Waals surface area contributed by atoms with Crippen molar-refractivity contribution >= 4 is 17.1 Å². The molecule has 21 heavy (non-hydrogen) atoms. The van der Waals surface area contributed by atoms with E-state index in [-0.39, 0.29) is 0 Å². The maximum absolute atomic E-state index is 11.1. The van der Waals surface area contributed by atoms with E-state index in [0.29, 0.717) is 17.0 Å². The molecule has 0 fully saturated rings. The molecule has 1 N–H and O–H groups in total. The van der Waals surface area contributed by atoms with Crippen molar-refractivity contribution in [3.05, 3.63) is 53.6 Å². The molecule has 0 aliphatic heterocycles. The third-order valence-electron chi connectivity index (χ3n) is 3.66. The van der Waals surface area contributed by atoms with Crippen LogP contribution in [0.1, 0.15) is 24.0 Å². The van der Waals surface area contributed by atoms with Crippen molar-refractivity contribution in [2.24, 2.45) is 0 Å². The van der Waals surface area contributed by atoms with Gasteiger partial charge in [-0.05, 0) is 43.2 Å². The van der Waals surface area contributed by atoms with E-state index in [9.17, 15) is 4.79 Å². The lowest BCUT2D eigenvalue weighted by molar-refractivity contribution is -0.138. The second kappa shape index (κ2) is 5.05. The molecule has 0 aliphatic carbocycles. The van der Waals surface area contributed by atoms with Gasteiger partial charge in [0.05, 0.1) is 5.92 Å². The number of aryl methyl sites for hydroxylation is 1. The number of oxazole rings is 1. The summed E-state index contributed by atoms with van der Waals surface area (Å²) in [7, 11) is 0. The minimum absolute atomic E-state index is 0.559. The fourth-order valence-corrected chi connectivity index (χ4v) is 2.28. The van der Waals surface area contributed by atoms with E-state index in [1.54, 1.807) is 25.1 Å². The summed E-state index contributed by atoms with van der Waals surface area (Å²) in [5.74, 6) is -0.854. The fourth-order valence-electron chi connectivity index (χ4n) is 2.28. The standard InChI is InChI=1S/C17H15NO3/c1-10-5-3-4-6-13(10)16-18-14-9-12(11(2)17(19)20)7-8-15(14)21-16/h3-9,11H,1-2H3,(H,19,20). The first kappa shape index (κ1) is 13.4. The summed E-state index contributed by atoms with van der Waals surface area (Å²) in [5.41, 5.74) is 4.10. The Labute approximate surface area is 122 Å². The Balaban J connectivity index is 2.09. The van der Waals surface area contributed by atoms with E-state index in [1.807, 2.05) is 31.2 Å². The molecule has 0 aliphatic rings. The normalized spacial score (nSPS) is 12.5. The van der Waals surface area contributed by atoms with Gasteiger partial charge in [-0.25, -0.2) is 4.98 Å². The number of benzene rings is 2. The molecule has 0 amide bonds. The molecule has 0 saturated carbocycles. The molecule has 1 atom stereocenters. The molecule has 0 spiro atoms. The molecule has 0 radical (unpaired) electrons. The number of hydrogen-bond acceptors (Lipinski definition) is 3. The van der Waals surface area contributed by atoms with E-state index < -0.39 is 11.9 Å². The SMILES string of the molecule is Cc1ccccc1-c1nc2cc(C(C)C(=O)O)ccc2o1. The molecule has 4 heteroatoms. The summed E-state index contributed by atoms with van der Waals surface area (Å²) in [4.78, 5) is 15.5. The lowest BCUT2D eigenvalue weighted by atomic mass is 10.0. The van der Waals surface area contributed by atoms with Crippen molar-refractivity contribution in [2.45, 2.75) is 19.8 Å². The highest BCUT2D eigenvalue weighted by Gasteiger charge is 2.16. The maximum atomic E-state index is 11.1. The van der Waals surface area contributed by atoms with Gasteiger partial charge in [0.15, 0.2) is 5.58 Å². The van der Waals surface area contributed by atoms with Gasteiger partial charge < -0.3 is 9.52 Å². The highest BCUT2D eigenvalue weighted by molar-refractivity contribution is 5.81. The molecule has 106 valence electrons. The van der Waals surface area contributed by atoms with Crippen LogP contribution in [0.4, 0.5) is 0 Å². The van der Waals surface area contributed by atoms with Gasteiger partial charge in [-0.2, -0.15) is 0 Å². The van der Waals surface area contributed by atoms with E-state index in [0.717, 1.165) is 16.7 Å². The number of hydrogen-bond donors (Lipinski definition) is 1. The van der Waals surface area contributed by atoms with Gasteiger partial charge in [0.25, 0.3) is 0 Å². The molecule has 2 aromatic carbocycles. The minimum atomic E-state index is -0.850. The highest BCUT2D eigenvalue weighted by atomic mass is 16.4. The van der Waals surface area contributed by atoms with Crippen LogP contribution < -0.4 is 0 Å². The van der Waals surface area contributed by atoms with Crippen LogP contribution in [0, 0.1) is 6.92 Å². The third-order valence-corrected chi connectivity index (χ3v) is 3.66. The molecular weight excluding hydrogens is 266 g/mol. The van der Waals surface area contributed by atoms with Crippen molar-refractivity contribution < 1.29 is 14.3 Å². The van der Waals surface area contributed by atoms with E-state index >= 15 is 0 Å². The summed E-state index contributed by atoms with van der Waals surface area (Å²) in [6, 6.07) is 13.2. The van der Waals surface area contributed by atoms with E-state index in [4.69, 9.17) is 9.52 Å². The van der Waals surface area contributed by atoms with Crippen molar-refractivity contribution in [2.75, 3.05) is 0 Å². The van der Waals surface area contributed by atoms with Crippen LogP contribution in [-0.2, 0) is 4.79 Å². The Hall–Kier alpha value is -2.62. The number of carbonyl (C=O) groups is 1. The summed E-state index contributed by atoms with van der Waals surface area (Å²) >= 11 is 0. The molecule has 4 nitrogen and oxygen atoms in total. The van der Waals surface area contributed by atoms with Gasteiger partial charge in [-0.15, -0.1) is 0 Å². The summed E-state index contributed by atoms with van der Waals surface area (Å²) in [6.07, 6.45) is 0. The van der Waals surface area contributed by atoms with Gasteiger partial charge in [0, 0.05) is 5.56 Å². The Morgan fingerprint density at radius 3 is 2.71 bits per heavy atom. The molecular formula is C17H15NO3. The van der Waals surface area contributed by atoms with Crippen molar-refractivity contribution in [3.8, 4) is 11.5 Å². The summed E-state index contributed by atoms with van der Waals surface area (Å²) < 4.78 is 5.77. The van der Waals surface area contributed by atoms with Gasteiger partial charge in [-0.1, -0.05) is 24.3 Å². The molecule has 3 rings (SSSR count). The Morgan fingerprint density at radius 2 is 2.00 bits per heavy atom. The summed E-state index contributed by atoms with van der Waals surface area (Å²) in [6.45, 7) is 3.66. The predicted octanol–water partition coefficient (Wildman–Crippen LogP) is 3.99. The number of nitrogens with zero attached hydrogens (tertiary/aromatic N) is 1. The van der Waals surface area contributed by atoms with Gasteiger partial charge in [-0.3, -0.25) is 4.79 Å². The van der Waals surface area contributed by atoms with Crippen LogP contribution in [-0.4, -0.2) is 16.1 Å². The highest BCUT2D eigenvalue weighted by Crippen LogP contribution is 2.28. The summed E-state index contributed by atoms with van der Waals surface area (Å²) in [5, 5.41) is 9.08. The number of aromatic nitrogens is 1. The molecule has 1 unspecified atom stereocenters. The lowest BCUT2D eigenvalue weighted by Gasteiger charge is -2.04. The maximum Gasteiger partial charge on any atom is 0.310 e. The first-order valence-electron chi connectivity index (χ1n) is 6.75. The monoisotopic (exact) mass is 281 g/mol. The molecule has 0 saturated heterocycles. The predicted molar refractivity (Wildman–Crippen MR) is 80.2 cm³/mol. The average molecular weight is 281 g/mol. The van der Waals surface area contributed by atoms with Crippen LogP contribution >= 0.6 is 0 Å². The second-order valence-electron chi connectivity index (χ2n) is 5.12. The van der Waals surface area contributed by atoms with Crippen LogP contribution in [0.25, 0.3) is 22.6 Å². The zero-order valence-electron chi connectivity index (χ0n) is 11.8. The van der Waals surface area contributed by atoms with Gasteiger partial charge >= 0.3 is 5.97 Å². The zero-order valence-corrected chi connectivity index (χ0v) is 11.8. The van der Waals surface area contributed by atoms with Crippen LogP contribution in [0.15, 0.2) is 46.9 Å². The van der Waals surface area contributed by atoms with Crippen LogP contribution in [0.3, 0.4) is 0 Å². The molecule has 0 bridgehead atoms. The Morgan fingerprint density at radius 1 is 1.24 bits per heavy atom. The van der Waals surface area contributed by atoms with Gasteiger partial charge in [0.1, 0.15) is 5.52 Å². The lowest BCUT2D eigenvalue weighted by Crippen LogP contribution is -2.06. The van der Waals surface area contributed by atoms with E-state index in [1.165, 1.54) is 0 Å². The number of carboxylic acids is 1. The molecule has 1 heterocycles. The number of aliphatic carboxylic acids is 1. The molecule has 3 aromatic rings. The Bertz CT molecular complexity index is 820. The zero-order chi connectivity index (χ0) is 15.0. The number of carboxylic acid groups (broad SMARTS) is 1. The largest absolute Gasteiger partial charge is 0.481 e. The van der Waals surface area contributed by atoms with Crippen LogP contribution in [0.2, 0.25) is 0 Å². The minimum Gasteiger partial charge on any atom is -0.481 e. The fraction of sp³-hybridized carbons (Fsp3) is 0.176. The average Bonchev–Trinajstić information content (AvgIpc) is 2.89. The van der Waals surface area contributed by atoms with Crippen molar-refractivity contribution in [3.63, 3.8) is 0 Å².